The Morgan fingerprint density at radius 3 is 2.38 bits per heavy atom. The molecule has 2 amide bonds. The van der Waals surface area contributed by atoms with Crippen molar-refractivity contribution in [3.05, 3.63) is 71.3 Å². The Hall–Kier alpha value is -3.74. The van der Waals surface area contributed by atoms with Crippen LogP contribution in [0.2, 0.25) is 0 Å². The second kappa shape index (κ2) is 12.2. The first-order chi connectivity index (χ1) is 15.4. The molecular weight excluding hydrogens is 408 g/mol. The number of carbonyl (C=O) groups is 4. The van der Waals surface area contributed by atoms with Crippen molar-refractivity contribution >= 4 is 35.3 Å². The van der Waals surface area contributed by atoms with Crippen LogP contribution in [0.25, 0.3) is 5.57 Å². The van der Waals surface area contributed by atoms with Crippen molar-refractivity contribution in [1.29, 1.82) is 0 Å². The molecule has 0 fully saturated rings. The number of benzene rings is 2. The first-order valence-electron chi connectivity index (χ1n) is 10.4. The SMILES string of the molecule is C/C=C(/CC(NC(=O)c1ccc(C)cc1)C(=O)OCC(=O)CC)c1ccccc1NC=O. The maximum atomic E-state index is 12.8. The van der Waals surface area contributed by atoms with Crippen molar-refractivity contribution in [3.63, 3.8) is 0 Å². The average molecular weight is 437 g/mol. The van der Waals surface area contributed by atoms with Crippen molar-refractivity contribution in [2.45, 2.75) is 39.7 Å². The van der Waals surface area contributed by atoms with E-state index in [0.29, 0.717) is 23.2 Å². The third-order valence-corrected chi connectivity index (χ3v) is 4.93. The number of Topliss-reactive ketones (excluding diaryl/α,β-unsaturated/α-hetero) is 1. The summed E-state index contributed by atoms with van der Waals surface area (Å²) in [6.07, 6.45) is 2.75. The Kier molecular flexibility index (Phi) is 9.35. The number of anilines is 1. The molecule has 2 aromatic carbocycles. The van der Waals surface area contributed by atoms with Crippen molar-refractivity contribution in [2.75, 3.05) is 11.9 Å². The lowest BCUT2D eigenvalue weighted by molar-refractivity contribution is -0.149. The third-order valence-electron chi connectivity index (χ3n) is 4.93. The van der Waals surface area contributed by atoms with E-state index < -0.39 is 17.9 Å². The van der Waals surface area contributed by atoms with Crippen LogP contribution in [0.15, 0.2) is 54.6 Å². The van der Waals surface area contributed by atoms with Crippen molar-refractivity contribution in [3.8, 4) is 0 Å². The van der Waals surface area contributed by atoms with Crippen LogP contribution in [0.3, 0.4) is 0 Å². The number of nitrogens with one attached hydrogen (secondary N) is 2. The molecule has 0 aliphatic heterocycles. The number of esters is 1. The van der Waals surface area contributed by atoms with Gasteiger partial charge in [-0.15, -0.1) is 0 Å². The lowest BCUT2D eigenvalue weighted by atomic mass is 9.96. The number of hydrogen-bond acceptors (Lipinski definition) is 5. The van der Waals surface area contributed by atoms with Crippen LogP contribution < -0.4 is 10.6 Å². The summed E-state index contributed by atoms with van der Waals surface area (Å²) >= 11 is 0. The van der Waals surface area contributed by atoms with Gasteiger partial charge in [-0.25, -0.2) is 4.79 Å². The molecule has 0 saturated heterocycles. The predicted molar refractivity (Wildman–Crippen MR) is 123 cm³/mol. The van der Waals surface area contributed by atoms with Crippen molar-refractivity contribution < 1.29 is 23.9 Å². The fraction of sp³-hybridized carbons (Fsp3) is 0.280. The summed E-state index contributed by atoms with van der Waals surface area (Å²) in [5.74, 6) is -1.34. The number of carbonyl (C=O) groups excluding carboxylic acids is 4. The Bertz CT molecular complexity index is 996. The van der Waals surface area contributed by atoms with Crippen LogP contribution in [0, 0.1) is 6.92 Å². The number of aryl methyl sites for hydroxylation is 1. The van der Waals surface area contributed by atoms with E-state index in [1.165, 1.54) is 0 Å². The standard InChI is InChI=1S/C25H28N2O5/c1-4-18(21-8-6-7-9-22(21)26-16-28)14-23(25(31)32-15-20(29)5-2)27-24(30)19-12-10-17(3)11-13-19/h4,6-13,16,23H,5,14-15H2,1-3H3,(H,26,28)(H,27,30)/b18-4-. The Morgan fingerprint density at radius 1 is 1.06 bits per heavy atom. The van der Waals surface area contributed by atoms with Gasteiger partial charge in [-0.2, -0.15) is 0 Å². The molecule has 0 aliphatic rings. The minimum Gasteiger partial charge on any atom is -0.456 e. The van der Waals surface area contributed by atoms with E-state index in [0.717, 1.165) is 11.1 Å². The molecule has 1 unspecified atom stereocenters. The second-order valence-corrected chi connectivity index (χ2v) is 7.22. The molecule has 0 saturated carbocycles. The zero-order chi connectivity index (χ0) is 23.5. The van der Waals surface area contributed by atoms with E-state index in [1.807, 2.05) is 19.1 Å². The van der Waals surface area contributed by atoms with E-state index >= 15 is 0 Å². The number of rotatable bonds is 11. The monoisotopic (exact) mass is 436 g/mol. The van der Waals surface area contributed by atoms with Crippen LogP contribution in [-0.2, 0) is 19.1 Å². The molecule has 7 heteroatoms. The van der Waals surface area contributed by atoms with Gasteiger partial charge in [0, 0.05) is 29.7 Å². The molecule has 0 aromatic heterocycles. The Morgan fingerprint density at radius 2 is 1.75 bits per heavy atom. The largest absolute Gasteiger partial charge is 0.456 e. The Labute approximate surface area is 187 Å². The third kappa shape index (κ3) is 6.91. The minimum atomic E-state index is -1.02. The zero-order valence-corrected chi connectivity index (χ0v) is 18.5. The second-order valence-electron chi connectivity index (χ2n) is 7.22. The molecule has 2 N–H and O–H groups in total. The lowest BCUT2D eigenvalue weighted by Gasteiger charge is -2.20. The van der Waals surface area contributed by atoms with Crippen molar-refractivity contribution in [1.82, 2.24) is 5.32 Å². The first kappa shape index (κ1) is 24.5. The van der Waals surface area contributed by atoms with E-state index in [4.69, 9.17) is 4.74 Å². The summed E-state index contributed by atoms with van der Waals surface area (Å²) in [4.78, 5) is 48.2. The molecule has 32 heavy (non-hydrogen) atoms. The quantitative estimate of drug-likeness (QED) is 0.413. The highest BCUT2D eigenvalue weighted by atomic mass is 16.5. The van der Waals surface area contributed by atoms with Gasteiger partial charge in [0.05, 0.1) is 0 Å². The van der Waals surface area contributed by atoms with E-state index in [2.05, 4.69) is 10.6 Å². The van der Waals surface area contributed by atoms with Gasteiger partial charge in [0.1, 0.15) is 12.6 Å². The fourth-order valence-corrected chi connectivity index (χ4v) is 3.05. The number of para-hydroxylation sites is 1. The molecule has 0 aliphatic carbocycles. The summed E-state index contributed by atoms with van der Waals surface area (Å²) in [5.41, 5.74) is 3.43. The maximum absolute atomic E-state index is 12.8. The fourth-order valence-electron chi connectivity index (χ4n) is 3.05. The predicted octanol–water partition coefficient (Wildman–Crippen LogP) is 3.68. The topological polar surface area (TPSA) is 102 Å². The molecule has 0 radical (unpaired) electrons. The highest BCUT2D eigenvalue weighted by Crippen LogP contribution is 2.27. The van der Waals surface area contributed by atoms with Gasteiger partial charge in [0.25, 0.3) is 5.91 Å². The van der Waals surface area contributed by atoms with Crippen LogP contribution in [0.5, 0.6) is 0 Å². The highest BCUT2D eigenvalue weighted by Gasteiger charge is 2.26. The molecule has 7 nitrogen and oxygen atoms in total. The molecule has 0 spiro atoms. The maximum Gasteiger partial charge on any atom is 0.329 e. The minimum absolute atomic E-state index is 0.116. The van der Waals surface area contributed by atoms with E-state index in [-0.39, 0.29) is 25.2 Å². The smallest absolute Gasteiger partial charge is 0.329 e. The molecule has 1 atom stereocenters. The van der Waals surface area contributed by atoms with Crippen LogP contribution in [0.4, 0.5) is 5.69 Å². The molecule has 0 heterocycles. The van der Waals surface area contributed by atoms with E-state index in [9.17, 15) is 19.2 Å². The van der Waals surface area contributed by atoms with Crippen molar-refractivity contribution in [2.24, 2.45) is 0 Å². The summed E-state index contributed by atoms with van der Waals surface area (Å²) < 4.78 is 5.17. The van der Waals surface area contributed by atoms with Gasteiger partial charge in [0.15, 0.2) is 5.78 Å². The lowest BCUT2D eigenvalue weighted by Crippen LogP contribution is -2.42. The number of allylic oxidation sites excluding steroid dienone is 1. The average Bonchev–Trinajstić information content (AvgIpc) is 2.81. The van der Waals surface area contributed by atoms with Gasteiger partial charge < -0.3 is 15.4 Å². The highest BCUT2D eigenvalue weighted by molar-refractivity contribution is 5.97. The van der Waals surface area contributed by atoms with E-state index in [1.54, 1.807) is 56.3 Å². The molecule has 2 aromatic rings. The van der Waals surface area contributed by atoms with Gasteiger partial charge in [-0.1, -0.05) is 48.9 Å². The van der Waals surface area contributed by atoms with Gasteiger partial charge in [-0.3, -0.25) is 14.4 Å². The summed E-state index contributed by atoms with van der Waals surface area (Å²) in [7, 11) is 0. The van der Waals surface area contributed by atoms with Crippen LogP contribution in [0.1, 0.15) is 48.2 Å². The zero-order valence-electron chi connectivity index (χ0n) is 18.5. The number of ketones is 1. The number of ether oxygens (including phenoxy) is 1. The van der Waals surface area contributed by atoms with Gasteiger partial charge >= 0.3 is 5.97 Å². The summed E-state index contributed by atoms with van der Waals surface area (Å²) in [6.45, 7) is 5.05. The molecular formula is C25H28N2O5. The summed E-state index contributed by atoms with van der Waals surface area (Å²) in [6, 6.07) is 13.1. The first-order valence-corrected chi connectivity index (χ1v) is 10.4. The number of hydrogen-bond donors (Lipinski definition) is 2. The summed E-state index contributed by atoms with van der Waals surface area (Å²) in [5, 5.41) is 5.37. The molecule has 2 rings (SSSR count). The normalized spacial score (nSPS) is 11.9. The molecule has 168 valence electrons. The van der Waals surface area contributed by atoms with Gasteiger partial charge in [0.2, 0.25) is 6.41 Å². The molecule has 0 bridgehead atoms. The van der Waals surface area contributed by atoms with Gasteiger partial charge in [-0.05, 0) is 37.6 Å². The van der Waals surface area contributed by atoms with Crippen LogP contribution >= 0.6 is 0 Å². The van der Waals surface area contributed by atoms with Crippen LogP contribution in [-0.4, -0.2) is 36.7 Å². The number of amides is 2. The Balaban J connectivity index is 2.29.